The van der Waals surface area contributed by atoms with E-state index in [1.165, 1.54) is 51.5 Å². The van der Waals surface area contributed by atoms with E-state index in [4.69, 9.17) is 4.74 Å². The van der Waals surface area contributed by atoms with Crippen molar-refractivity contribution in [2.75, 3.05) is 27.2 Å². The third-order valence-electron chi connectivity index (χ3n) is 6.95. The molecule has 0 radical (unpaired) electrons. The van der Waals surface area contributed by atoms with Gasteiger partial charge in [-0.3, -0.25) is 0 Å². The number of likely N-dealkylation sites (N-methyl/N-ethyl adjacent to an activating group) is 2. The SMILES string of the molecule is CN(C[C@@H](N=C=O)C(C)(C)C)S(=O)(=O)c1cccs1.CN(C[C@@H](NC(=O)OCc1ccccc1)C(C)(C)C)S(=O)(=O)c1cccs1. The van der Waals surface area contributed by atoms with E-state index in [2.05, 4.69) is 10.3 Å². The highest BCUT2D eigenvalue weighted by Gasteiger charge is 2.33. The maximum atomic E-state index is 12.6. The second-order valence-electron chi connectivity index (χ2n) is 12.7. The van der Waals surface area contributed by atoms with Crippen LogP contribution in [0.15, 0.2) is 78.8 Å². The molecule has 11 nitrogen and oxygen atoms in total. The number of rotatable bonds is 12. The molecule has 3 rings (SSSR count). The van der Waals surface area contributed by atoms with E-state index in [0.29, 0.717) is 0 Å². The van der Waals surface area contributed by atoms with E-state index < -0.39 is 38.2 Å². The van der Waals surface area contributed by atoms with Crippen LogP contribution in [0.3, 0.4) is 0 Å². The molecule has 254 valence electrons. The summed E-state index contributed by atoms with van der Waals surface area (Å²) in [4.78, 5) is 26.4. The molecule has 2 aromatic heterocycles. The smallest absolute Gasteiger partial charge is 0.407 e. The first-order chi connectivity index (χ1) is 21.3. The lowest BCUT2D eigenvalue weighted by atomic mass is 9.87. The van der Waals surface area contributed by atoms with Crippen molar-refractivity contribution >= 4 is 54.9 Å². The molecular formula is C31H44N4O7S4. The van der Waals surface area contributed by atoms with Gasteiger partial charge in [0, 0.05) is 27.2 Å². The fourth-order valence-corrected chi connectivity index (χ4v) is 8.60. The van der Waals surface area contributed by atoms with Gasteiger partial charge in [-0.25, -0.2) is 31.4 Å². The number of carbonyl (C=O) groups excluding carboxylic acids is 2. The number of hydrogen-bond acceptors (Lipinski definition) is 10. The summed E-state index contributed by atoms with van der Waals surface area (Å²) in [7, 11) is -4.08. The highest BCUT2D eigenvalue weighted by molar-refractivity contribution is 7.91. The highest BCUT2D eigenvalue weighted by Crippen LogP contribution is 2.27. The molecule has 0 aliphatic rings. The van der Waals surface area contributed by atoms with Gasteiger partial charge in [-0.1, -0.05) is 84.0 Å². The molecule has 0 aliphatic carbocycles. The maximum absolute atomic E-state index is 12.6. The van der Waals surface area contributed by atoms with Crippen LogP contribution in [0.5, 0.6) is 0 Å². The molecule has 1 amide bonds. The van der Waals surface area contributed by atoms with E-state index in [1.807, 2.05) is 71.9 Å². The molecule has 1 N–H and O–H groups in total. The highest BCUT2D eigenvalue weighted by atomic mass is 32.3. The minimum Gasteiger partial charge on any atom is -0.445 e. The summed E-state index contributed by atoms with van der Waals surface area (Å²) in [5.74, 6) is 0. The maximum Gasteiger partial charge on any atom is 0.407 e. The minimum atomic E-state index is -3.58. The Labute approximate surface area is 281 Å². The average molecular weight is 713 g/mol. The monoisotopic (exact) mass is 712 g/mol. The van der Waals surface area contributed by atoms with Crippen LogP contribution < -0.4 is 5.32 Å². The molecule has 3 aromatic rings. The summed E-state index contributed by atoms with van der Waals surface area (Å²) in [5.41, 5.74) is 0.221. The molecule has 2 heterocycles. The molecular weight excluding hydrogens is 669 g/mol. The fraction of sp³-hybridized carbons (Fsp3) is 0.484. The first-order valence-electron chi connectivity index (χ1n) is 14.3. The van der Waals surface area contributed by atoms with Crippen molar-refractivity contribution in [3.8, 4) is 0 Å². The van der Waals surface area contributed by atoms with Crippen LogP contribution in [0, 0.1) is 10.8 Å². The molecule has 0 fully saturated rings. The number of benzene rings is 1. The van der Waals surface area contributed by atoms with E-state index in [-0.39, 0.29) is 38.9 Å². The molecule has 0 bridgehead atoms. The summed E-state index contributed by atoms with van der Waals surface area (Å²) in [6.07, 6.45) is 0.953. The largest absolute Gasteiger partial charge is 0.445 e. The number of ether oxygens (including phenoxy) is 1. The van der Waals surface area contributed by atoms with E-state index in [9.17, 15) is 26.4 Å². The number of sulfonamides is 2. The standard InChI is InChI=1S/C19H26N2O4S2.C12H18N2O3S2/c1-19(2,3)16(13-21(4)27(23,24)17-11-8-12-26-17)20-18(22)25-14-15-9-6-5-7-10-15;1-12(2,3)10(13-9-15)8-14(4)19(16,17)11-6-5-7-18-11/h5-12,16H,13-14H2,1-4H3,(H,20,22);5-7,10H,8H2,1-4H3/t16-;10-/m11/s1. The number of isocyanates is 1. The van der Waals surface area contributed by atoms with Crippen molar-refractivity contribution < 1.29 is 31.2 Å². The molecule has 0 saturated carbocycles. The molecule has 0 spiro atoms. The van der Waals surface area contributed by atoms with Gasteiger partial charge in [0.15, 0.2) is 0 Å². The summed E-state index contributed by atoms with van der Waals surface area (Å²) in [5, 5.41) is 6.25. The lowest BCUT2D eigenvalue weighted by molar-refractivity contribution is 0.123. The Balaban J connectivity index is 0.000000341. The molecule has 15 heteroatoms. The van der Waals surface area contributed by atoms with Crippen molar-refractivity contribution in [1.29, 1.82) is 0 Å². The van der Waals surface area contributed by atoms with Crippen LogP contribution in [-0.4, -0.2) is 76.9 Å². The van der Waals surface area contributed by atoms with Gasteiger partial charge in [-0.2, -0.15) is 8.61 Å². The number of thiophene rings is 2. The molecule has 0 aliphatic heterocycles. The second kappa shape index (κ2) is 16.8. The lowest BCUT2D eigenvalue weighted by Gasteiger charge is -2.33. The number of aliphatic imine (C=N–C) groups is 1. The minimum absolute atomic E-state index is 0.143. The predicted molar refractivity (Wildman–Crippen MR) is 183 cm³/mol. The van der Waals surface area contributed by atoms with Crippen molar-refractivity contribution in [3.63, 3.8) is 0 Å². The summed E-state index contributed by atoms with van der Waals surface area (Å²) in [6, 6.07) is 15.1. The molecule has 1 aromatic carbocycles. The predicted octanol–water partition coefficient (Wildman–Crippen LogP) is 5.83. The molecule has 0 unspecified atom stereocenters. The third kappa shape index (κ3) is 11.7. The van der Waals surface area contributed by atoms with Gasteiger partial charge >= 0.3 is 6.09 Å². The van der Waals surface area contributed by atoms with Crippen LogP contribution in [-0.2, 0) is 36.2 Å². The molecule has 0 saturated heterocycles. The Hall–Kier alpha value is -2.91. The van der Waals surface area contributed by atoms with E-state index in [0.717, 1.165) is 5.56 Å². The zero-order valence-electron chi connectivity index (χ0n) is 27.5. The van der Waals surface area contributed by atoms with Crippen molar-refractivity contribution in [2.24, 2.45) is 15.8 Å². The summed E-state index contributed by atoms with van der Waals surface area (Å²) in [6.45, 7) is 12.0. The lowest BCUT2D eigenvalue weighted by Crippen LogP contribution is -2.51. The Bertz CT molecular complexity index is 1620. The number of alkyl carbamates (subject to hydrolysis) is 1. The number of nitrogens with zero attached hydrogens (tertiary/aromatic N) is 3. The Morgan fingerprint density at radius 2 is 1.33 bits per heavy atom. The molecule has 46 heavy (non-hydrogen) atoms. The normalized spacial score (nSPS) is 13.7. The third-order valence-corrected chi connectivity index (χ3v) is 13.3. The van der Waals surface area contributed by atoms with Gasteiger partial charge in [0.05, 0.1) is 12.1 Å². The van der Waals surface area contributed by atoms with Crippen LogP contribution in [0.2, 0.25) is 0 Å². The Morgan fingerprint density at radius 1 is 0.826 bits per heavy atom. The zero-order chi connectivity index (χ0) is 34.8. The van der Waals surface area contributed by atoms with Crippen LogP contribution in [0.1, 0.15) is 47.1 Å². The van der Waals surface area contributed by atoms with Crippen molar-refractivity contribution in [3.05, 3.63) is 70.9 Å². The quantitative estimate of drug-likeness (QED) is 0.184. The number of carbonyl (C=O) groups is 1. The summed E-state index contributed by atoms with van der Waals surface area (Å²) < 4.78 is 58.2. The first kappa shape index (κ1) is 39.3. The van der Waals surface area contributed by atoms with E-state index in [1.54, 1.807) is 35.0 Å². The van der Waals surface area contributed by atoms with E-state index >= 15 is 0 Å². The topological polar surface area (TPSA) is 143 Å². The number of amides is 1. The Morgan fingerprint density at radius 3 is 1.74 bits per heavy atom. The van der Waals surface area contributed by atoms with Gasteiger partial charge < -0.3 is 10.1 Å². The van der Waals surface area contributed by atoms with Crippen LogP contribution in [0.4, 0.5) is 4.79 Å². The Kier molecular flexibility index (Phi) is 14.3. The summed E-state index contributed by atoms with van der Waals surface area (Å²) >= 11 is 2.34. The van der Waals surface area contributed by atoms with Gasteiger partial charge in [0.1, 0.15) is 15.0 Å². The van der Waals surface area contributed by atoms with Gasteiger partial charge in [-0.05, 0) is 39.3 Å². The van der Waals surface area contributed by atoms with Crippen molar-refractivity contribution in [1.82, 2.24) is 13.9 Å². The van der Waals surface area contributed by atoms with Crippen LogP contribution >= 0.6 is 22.7 Å². The van der Waals surface area contributed by atoms with Gasteiger partial charge in [-0.15, -0.1) is 22.7 Å². The number of hydrogen-bond donors (Lipinski definition) is 1. The second-order valence-corrected chi connectivity index (χ2v) is 19.1. The number of nitrogens with one attached hydrogen (secondary N) is 1. The zero-order valence-corrected chi connectivity index (χ0v) is 30.7. The average Bonchev–Trinajstić information content (AvgIpc) is 3.71. The molecule has 2 atom stereocenters. The van der Waals surface area contributed by atoms with Gasteiger partial charge in [0.25, 0.3) is 20.0 Å². The van der Waals surface area contributed by atoms with Gasteiger partial charge in [0.2, 0.25) is 6.08 Å². The van der Waals surface area contributed by atoms with Crippen LogP contribution in [0.25, 0.3) is 0 Å². The van der Waals surface area contributed by atoms with Crippen molar-refractivity contribution in [2.45, 2.75) is 68.7 Å². The fourth-order valence-electron chi connectivity index (χ4n) is 3.84. The first-order valence-corrected chi connectivity index (χ1v) is 19.0.